The Bertz CT molecular complexity index is 514. The number of para-hydroxylation sites is 1. The number of hydrogen-bond donors (Lipinski definition) is 1. The molecule has 1 N–H and O–H groups in total. The number of rotatable bonds is 0. The lowest BCUT2D eigenvalue weighted by atomic mass is 9.93. The van der Waals surface area contributed by atoms with Crippen molar-refractivity contribution in [3.05, 3.63) is 53.6 Å². The molecule has 1 heterocycles. The van der Waals surface area contributed by atoms with Gasteiger partial charge in [0.25, 0.3) is 0 Å². The first-order valence-electron chi connectivity index (χ1n) is 5.28. The minimum absolute atomic E-state index is 0.939. The molecule has 0 spiro atoms. The Morgan fingerprint density at radius 1 is 0.933 bits per heavy atom. The third kappa shape index (κ3) is 1.23. The van der Waals surface area contributed by atoms with E-state index in [9.17, 15) is 0 Å². The first-order valence-corrected chi connectivity index (χ1v) is 5.28. The summed E-state index contributed by atoms with van der Waals surface area (Å²) in [6, 6.07) is 15.1. The highest BCUT2D eigenvalue weighted by Crippen LogP contribution is 2.36. The molecular weight excluding hydrogens is 182 g/mol. The summed E-state index contributed by atoms with van der Waals surface area (Å²) < 4.78 is 0. The molecule has 0 aliphatic carbocycles. The Labute approximate surface area is 89.8 Å². The van der Waals surface area contributed by atoms with Crippen molar-refractivity contribution in [1.29, 1.82) is 0 Å². The zero-order valence-corrected chi connectivity index (χ0v) is 8.75. The molecule has 0 saturated carbocycles. The largest absolute Gasteiger partial charge is 0.380 e. The highest BCUT2D eigenvalue weighted by atomic mass is 14.9. The molecule has 0 bridgehead atoms. The van der Waals surface area contributed by atoms with Crippen LogP contribution < -0.4 is 5.32 Å². The van der Waals surface area contributed by atoms with E-state index in [0.29, 0.717) is 0 Å². The van der Waals surface area contributed by atoms with Gasteiger partial charge in [0.15, 0.2) is 0 Å². The molecule has 2 aromatic carbocycles. The molecule has 3 rings (SSSR count). The molecular formula is C14H13N. The van der Waals surface area contributed by atoms with Crippen LogP contribution in [0.25, 0.3) is 11.1 Å². The van der Waals surface area contributed by atoms with Crippen LogP contribution in [-0.2, 0) is 6.54 Å². The molecule has 1 nitrogen and oxygen atoms in total. The molecule has 0 unspecified atom stereocenters. The van der Waals surface area contributed by atoms with Crippen LogP contribution in [0.3, 0.4) is 0 Å². The van der Waals surface area contributed by atoms with Gasteiger partial charge in [-0.15, -0.1) is 0 Å². The second-order valence-corrected chi connectivity index (χ2v) is 4.01. The summed E-state index contributed by atoms with van der Waals surface area (Å²) in [6.45, 7) is 3.09. The van der Waals surface area contributed by atoms with Crippen LogP contribution in [0, 0.1) is 6.92 Å². The predicted molar refractivity (Wildman–Crippen MR) is 63.9 cm³/mol. The van der Waals surface area contributed by atoms with E-state index in [1.165, 1.54) is 27.9 Å². The molecule has 0 saturated heterocycles. The van der Waals surface area contributed by atoms with Gasteiger partial charge in [-0.2, -0.15) is 0 Å². The fraction of sp³-hybridized carbons (Fsp3) is 0.143. The van der Waals surface area contributed by atoms with Crippen molar-refractivity contribution in [2.24, 2.45) is 0 Å². The number of fused-ring (bicyclic) bond motifs is 3. The monoisotopic (exact) mass is 195 g/mol. The standard InChI is InChI=1S/C14H13N/c1-10-5-4-8-13-12-7-3-2-6-11(12)9-15-14(10)13/h2-8,15H,9H2,1H3. The van der Waals surface area contributed by atoms with Crippen molar-refractivity contribution in [1.82, 2.24) is 0 Å². The lowest BCUT2D eigenvalue weighted by Gasteiger charge is -2.22. The first-order chi connectivity index (χ1) is 7.36. The van der Waals surface area contributed by atoms with Gasteiger partial charge in [0.2, 0.25) is 0 Å². The van der Waals surface area contributed by atoms with E-state index in [1.54, 1.807) is 0 Å². The second kappa shape index (κ2) is 3.13. The van der Waals surface area contributed by atoms with E-state index in [4.69, 9.17) is 0 Å². The summed E-state index contributed by atoms with van der Waals surface area (Å²) in [5.41, 5.74) is 6.70. The summed E-state index contributed by atoms with van der Waals surface area (Å²) in [5, 5.41) is 3.49. The summed E-state index contributed by atoms with van der Waals surface area (Å²) in [6.07, 6.45) is 0. The smallest absolute Gasteiger partial charge is 0.0452 e. The van der Waals surface area contributed by atoms with Crippen molar-refractivity contribution in [3.63, 3.8) is 0 Å². The minimum atomic E-state index is 0.939. The average molecular weight is 195 g/mol. The molecule has 0 fully saturated rings. The lowest BCUT2D eigenvalue weighted by Crippen LogP contribution is -2.09. The third-order valence-electron chi connectivity index (χ3n) is 3.04. The van der Waals surface area contributed by atoms with Crippen LogP contribution in [-0.4, -0.2) is 0 Å². The average Bonchev–Trinajstić information content (AvgIpc) is 2.29. The summed E-state index contributed by atoms with van der Waals surface area (Å²) in [4.78, 5) is 0. The van der Waals surface area contributed by atoms with Gasteiger partial charge >= 0.3 is 0 Å². The van der Waals surface area contributed by atoms with E-state index in [-0.39, 0.29) is 0 Å². The Balaban J connectivity index is 2.30. The topological polar surface area (TPSA) is 12.0 Å². The van der Waals surface area contributed by atoms with E-state index < -0.39 is 0 Å². The molecule has 0 radical (unpaired) electrons. The first kappa shape index (κ1) is 8.54. The molecule has 2 aromatic rings. The van der Waals surface area contributed by atoms with Crippen molar-refractivity contribution in [2.75, 3.05) is 5.32 Å². The molecule has 1 heteroatoms. The maximum atomic E-state index is 3.49. The van der Waals surface area contributed by atoms with Crippen LogP contribution in [0.15, 0.2) is 42.5 Å². The fourth-order valence-corrected chi connectivity index (χ4v) is 2.25. The highest BCUT2D eigenvalue weighted by Gasteiger charge is 2.15. The number of benzene rings is 2. The van der Waals surface area contributed by atoms with Gasteiger partial charge in [-0.25, -0.2) is 0 Å². The predicted octanol–water partition coefficient (Wildman–Crippen LogP) is 3.59. The van der Waals surface area contributed by atoms with Crippen LogP contribution in [0.4, 0.5) is 5.69 Å². The number of aryl methyl sites for hydroxylation is 1. The second-order valence-electron chi connectivity index (χ2n) is 4.01. The normalized spacial score (nSPS) is 12.6. The van der Waals surface area contributed by atoms with Crippen LogP contribution in [0.1, 0.15) is 11.1 Å². The number of anilines is 1. The van der Waals surface area contributed by atoms with Crippen molar-refractivity contribution in [2.45, 2.75) is 13.5 Å². The van der Waals surface area contributed by atoms with E-state index in [2.05, 4.69) is 54.7 Å². The van der Waals surface area contributed by atoms with Gasteiger partial charge in [-0.1, -0.05) is 42.5 Å². The van der Waals surface area contributed by atoms with Gasteiger partial charge < -0.3 is 5.32 Å². The summed E-state index contributed by atoms with van der Waals surface area (Å²) in [7, 11) is 0. The van der Waals surface area contributed by atoms with Gasteiger partial charge in [0.05, 0.1) is 0 Å². The molecule has 74 valence electrons. The molecule has 0 aromatic heterocycles. The molecule has 1 aliphatic heterocycles. The lowest BCUT2D eigenvalue weighted by molar-refractivity contribution is 1.12. The zero-order chi connectivity index (χ0) is 10.3. The molecule has 1 aliphatic rings. The van der Waals surface area contributed by atoms with Crippen LogP contribution in [0.5, 0.6) is 0 Å². The highest BCUT2D eigenvalue weighted by molar-refractivity contribution is 5.84. The van der Waals surface area contributed by atoms with E-state index in [0.717, 1.165) is 6.54 Å². The zero-order valence-electron chi connectivity index (χ0n) is 8.75. The van der Waals surface area contributed by atoms with E-state index in [1.807, 2.05) is 0 Å². The third-order valence-corrected chi connectivity index (χ3v) is 3.04. The molecule has 0 atom stereocenters. The fourth-order valence-electron chi connectivity index (χ4n) is 2.25. The number of hydrogen-bond acceptors (Lipinski definition) is 1. The van der Waals surface area contributed by atoms with Gasteiger partial charge in [0.1, 0.15) is 0 Å². The van der Waals surface area contributed by atoms with E-state index >= 15 is 0 Å². The SMILES string of the molecule is Cc1cccc2c1NCc1ccccc1-2. The van der Waals surface area contributed by atoms with Crippen molar-refractivity contribution in [3.8, 4) is 11.1 Å². The maximum Gasteiger partial charge on any atom is 0.0452 e. The Kier molecular flexibility index (Phi) is 1.78. The minimum Gasteiger partial charge on any atom is -0.380 e. The summed E-state index contributed by atoms with van der Waals surface area (Å²) >= 11 is 0. The molecule has 15 heavy (non-hydrogen) atoms. The Morgan fingerprint density at radius 3 is 2.67 bits per heavy atom. The Morgan fingerprint density at radius 2 is 1.73 bits per heavy atom. The van der Waals surface area contributed by atoms with Crippen molar-refractivity contribution < 1.29 is 0 Å². The molecule has 0 amide bonds. The van der Waals surface area contributed by atoms with Crippen molar-refractivity contribution >= 4 is 5.69 Å². The number of nitrogens with one attached hydrogen (secondary N) is 1. The van der Waals surface area contributed by atoms with Gasteiger partial charge in [-0.05, 0) is 23.6 Å². The van der Waals surface area contributed by atoms with Gasteiger partial charge in [-0.3, -0.25) is 0 Å². The summed E-state index contributed by atoms with van der Waals surface area (Å²) in [5.74, 6) is 0. The Hall–Kier alpha value is -1.76. The quantitative estimate of drug-likeness (QED) is 0.677. The van der Waals surface area contributed by atoms with Crippen LogP contribution in [0.2, 0.25) is 0 Å². The van der Waals surface area contributed by atoms with Crippen LogP contribution >= 0.6 is 0 Å². The van der Waals surface area contributed by atoms with Gasteiger partial charge in [0, 0.05) is 17.8 Å². The maximum absolute atomic E-state index is 3.49.